The fraction of sp³-hybridized carbons (Fsp3) is 0.800. The molecule has 2 saturated heterocycles. The molecule has 2 rings (SSSR count). The summed E-state index contributed by atoms with van der Waals surface area (Å²) in [5.74, 6) is 1.80. The minimum absolute atomic E-state index is 0.753. The smallest absolute Gasteiger partial charge is 0.0163 e. The molecule has 2 aliphatic heterocycles. The number of rotatable bonds is 2. The van der Waals surface area contributed by atoms with Crippen molar-refractivity contribution in [2.45, 2.75) is 13.0 Å². The van der Waals surface area contributed by atoms with E-state index in [9.17, 15) is 0 Å². The summed E-state index contributed by atoms with van der Waals surface area (Å²) in [4.78, 5) is 2.54. The van der Waals surface area contributed by atoms with E-state index in [1.54, 1.807) is 0 Å². The molecule has 68 valence electrons. The van der Waals surface area contributed by atoms with E-state index in [0.717, 1.165) is 24.4 Å². The van der Waals surface area contributed by atoms with Crippen molar-refractivity contribution in [3.63, 3.8) is 0 Å². The van der Waals surface area contributed by atoms with Gasteiger partial charge in [-0.1, -0.05) is 6.08 Å². The SMILES string of the molecule is C=CCN1CC2CNCC2C1C. The monoisotopic (exact) mass is 166 g/mol. The highest BCUT2D eigenvalue weighted by Gasteiger charge is 2.40. The van der Waals surface area contributed by atoms with Gasteiger partial charge in [0.2, 0.25) is 0 Å². The molecule has 0 aliphatic carbocycles. The minimum atomic E-state index is 0.753. The number of likely N-dealkylation sites (tertiary alicyclic amines) is 1. The predicted octanol–water partition coefficient (Wildman–Crippen LogP) is 0.712. The van der Waals surface area contributed by atoms with Crippen LogP contribution in [0.15, 0.2) is 12.7 Å². The van der Waals surface area contributed by atoms with Crippen molar-refractivity contribution < 1.29 is 0 Å². The van der Waals surface area contributed by atoms with Gasteiger partial charge in [0.15, 0.2) is 0 Å². The second kappa shape index (κ2) is 3.19. The van der Waals surface area contributed by atoms with E-state index in [0.29, 0.717) is 0 Å². The van der Waals surface area contributed by atoms with Crippen LogP contribution in [0.3, 0.4) is 0 Å². The van der Waals surface area contributed by atoms with E-state index in [-0.39, 0.29) is 0 Å². The number of fused-ring (bicyclic) bond motifs is 1. The minimum Gasteiger partial charge on any atom is -0.316 e. The maximum absolute atomic E-state index is 3.80. The molecule has 0 aromatic carbocycles. The first-order valence-electron chi connectivity index (χ1n) is 4.88. The highest BCUT2D eigenvalue weighted by atomic mass is 15.2. The van der Waals surface area contributed by atoms with E-state index in [1.165, 1.54) is 19.6 Å². The first-order valence-corrected chi connectivity index (χ1v) is 4.88. The van der Waals surface area contributed by atoms with E-state index >= 15 is 0 Å². The molecule has 0 saturated carbocycles. The molecule has 0 radical (unpaired) electrons. The van der Waals surface area contributed by atoms with Crippen LogP contribution < -0.4 is 5.32 Å². The Morgan fingerprint density at radius 1 is 1.58 bits per heavy atom. The Hall–Kier alpha value is -0.340. The Morgan fingerprint density at radius 2 is 2.42 bits per heavy atom. The fourth-order valence-electron chi connectivity index (χ4n) is 2.66. The third-order valence-corrected chi connectivity index (χ3v) is 3.42. The third-order valence-electron chi connectivity index (χ3n) is 3.42. The molecule has 0 bridgehead atoms. The third kappa shape index (κ3) is 1.19. The summed E-state index contributed by atoms with van der Waals surface area (Å²) in [5.41, 5.74) is 0. The molecule has 2 heterocycles. The van der Waals surface area contributed by atoms with Crippen LogP contribution >= 0.6 is 0 Å². The summed E-state index contributed by atoms with van der Waals surface area (Å²) in [6.07, 6.45) is 2.02. The Balaban J connectivity index is 2.00. The lowest BCUT2D eigenvalue weighted by Gasteiger charge is -2.22. The molecule has 0 spiro atoms. The van der Waals surface area contributed by atoms with Crippen molar-refractivity contribution in [1.82, 2.24) is 10.2 Å². The molecular formula is C10H18N2. The Morgan fingerprint density at radius 3 is 3.08 bits per heavy atom. The quantitative estimate of drug-likeness (QED) is 0.608. The molecule has 0 amide bonds. The molecule has 0 aromatic rings. The van der Waals surface area contributed by atoms with Crippen LogP contribution in [0.25, 0.3) is 0 Å². The maximum atomic E-state index is 3.80. The summed E-state index contributed by atoms with van der Waals surface area (Å²) >= 11 is 0. The van der Waals surface area contributed by atoms with E-state index < -0.39 is 0 Å². The van der Waals surface area contributed by atoms with Gasteiger partial charge in [-0.2, -0.15) is 0 Å². The molecule has 2 heteroatoms. The standard InChI is InChI=1S/C10H18N2/c1-3-4-12-7-9-5-11-6-10(9)8(12)2/h3,8-11H,1,4-7H2,2H3. The van der Waals surface area contributed by atoms with Crippen molar-refractivity contribution in [3.05, 3.63) is 12.7 Å². The highest BCUT2D eigenvalue weighted by molar-refractivity contribution is 4.97. The van der Waals surface area contributed by atoms with Gasteiger partial charge in [-0.25, -0.2) is 0 Å². The number of nitrogens with zero attached hydrogens (tertiary/aromatic N) is 1. The molecule has 3 unspecified atom stereocenters. The topological polar surface area (TPSA) is 15.3 Å². The highest BCUT2D eigenvalue weighted by Crippen LogP contribution is 2.31. The zero-order valence-electron chi connectivity index (χ0n) is 7.79. The first-order chi connectivity index (χ1) is 5.83. The normalized spacial score (nSPS) is 41.6. The maximum Gasteiger partial charge on any atom is 0.0163 e. The Kier molecular flexibility index (Phi) is 2.20. The average molecular weight is 166 g/mol. The van der Waals surface area contributed by atoms with Gasteiger partial charge in [-0.15, -0.1) is 6.58 Å². The van der Waals surface area contributed by atoms with Gasteiger partial charge >= 0.3 is 0 Å². The van der Waals surface area contributed by atoms with Gasteiger partial charge in [-0.05, 0) is 31.8 Å². The molecule has 0 aromatic heterocycles. The number of hydrogen-bond donors (Lipinski definition) is 1. The number of hydrogen-bond acceptors (Lipinski definition) is 2. The lowest BCUT2D eigenvalue weighted by molar-refractivity contribution is 0.264. The van der Waals surface area contributed by atoms with E-state index in [4.69, 9.17) is 0 Å². The largest absolute Gasteiger partial charge is 0.316 e. The lowest BCUT2D eigenvalue weighted by Crippen LogP contribution is -2.33. The van der Waals surface area contributed by atoms with Crippen LogP contribution in [0.4, 0.5) is 0 Å². The molecule has 12 heavy (non-hydrogen) atoms. The van der Waals surface area contributed by atoms with Gasteiger partial charge in [0, 0.05) is 19.1 Å². The van der Waals surface area contributed by atoms with E-state index in [2.05, 4.69) is 23.7 Å². The van der Waals surface area contributed by atoms with Gasteiger partial charge in [-0.3, -0.25) is 4.90 Å². The summed E-state index contributed by atoms with van der Waals surface area (Å²) in [5, 5.41) is 3.46. The molecule has 2 fully saturated rings. The van der Waals surface area contributed by atoms with Gasteiger partial charge in [0.05, 0.1) is 0 Å². The molecule has 3 atom stereocenters. The van der Waals surface area contributed by atoms with Crippen LogP contribution in [-0.2, 0) is 0 Å². The van der Waals surface area contributed by atoms with Gasteiger partial charge in [0.1, 0.15) is 0 Å². The molecule has 2 aliphatic rings. The van der Waals surface area contributed by atoms with Crippen LogP contribution in [0.5, 0.6) is 0 Å². The van der Waals surface area contributed by atoms with Crippen LogP contribution in [0.1, 0.15) is 6.92 Å². The summed E-state index contributed by atoms with van der Waals surface area (Å²) in [6, 6.07) is 0.753. The molecule has 2 nitrogen and oxygen atoms in total. The zero-order valence-corrected chi connectivity index (χ0v) is 7.79. The summed E-state index contributed by atoms with van der Waals surface area (Å²) < 4.78 is 0. The van der Waals surface area contributed by atoms with Crippen LogP contribution in [0.2, 0.25) is 0 Å². The second-order valence-corrected chi connectivity index (χ2v) is 4.07. The number of nitrogens with one attached hydrogen (secondary N) is 1. The van der Waals surface area contributed by atoms with Gasteiger partial charge in [0.25, 0.3) is 0 Å². The molecular weight excluding hydrogens is 148 g/mol. The van der Waals surface area contributed by atoms with Crippen molar-refractivity contribution in [1.29, 1.82) is 0 Å². The van der Waals surface area contributed by atoms with E-state index in [1.807, 2.05) is 6.08 Å². The van der Waals surface area contributed by atoms with Crippen molar-refractivity contribution in [3.8, 4) is 0 Å². The van der Waals surface area contributed by atoms with Gasteiger partial charge < -0.3 is 5.32 Å². The molecule has 1 N–H and O–H groups in total. The van der Waals surface area contributed by atoms with Crippen LogP contribution in [-0.4, -0.2) is 37.1 Å². The van der Waals surface area contributed by atoms with Crippen molar-refractivity contribution in [2.75, 3.05) is 26.2 Å². The first kappa shape index (κ1) is 8.27. The second-order valence-electron chi connectivity index (χ2n) is 4.07. The van der Waals surface area contributed by atoms with Crippen LogP contribution in [0, 0.1) is 11.8 Å². The zero-order chi connectivity index (χ0) is 8.55. The van der Waals surface area contributed by atoms with Crippen molar-refractivity contribution >= 4 is 0 Å². The Labute approximate surface area is 74.6 Å². The Bertz CT molecular complexity index is 179. The average Bonchev–Trinajstić information content (AvgIpc) is 2.58. The summed E-state index contributed by atoms with van der Waals surface area (Å²) in [7, 11) is 0. The predicted molar refractivity (Wildman–Crippen MR) is 51.1 cm³/mol. The fourth-order valence-corrected chi connectivity index (χ4v) is 2.66. The lowest BCUT2D eigenvalue weighted by atomic mass is 9.95. The van der Waals surface area contributed by atoms with Crippen molar-refractivity contribution in [2.24, 2.45) is 11.8 Å². The summed E-state index contributed by atoms with van der Waals surface area (Å²) in [6.45, 7) is 10.9.